The van der Waals surface area contributed by atoms with Gasteiger partial charge in [0.1, 0.15) is 0 Å². The molecule has 0 atom stereocenters. The Morgan fingerprint density at radius 1 is 1.00 bits per heavy atom. The Balaban J connectivity index is 2.56. The second kappa shape index (κ2) is 10.0. The molecule has 0 aliphatic rings. The molecule has 0 aliphatic carbocycles. The van der Waals surface area contributed by atoms with Gasteiger partial charge in [-0.25, -0.2) is 0 Å². The summed E-state index contributed by atoms with van der Waals surface area (Å²) in [5.41, 5.74) is 1.63. The molecule has 0 aromatic heterocycles. The SMILES string of the molecule is CC(=O)OCC(CCc1ccc(C(=O)CCl)cc1)COC(C)=O. The fourth-order valence-corrected chi connectivity index (χ4v) is 2.14. The number of halogens is 1. The Morgan fingerprint density at radius 3 is 1.96 bits per heavy atom. The first-order chi connectivity index (χ1) is 10.9. The number of rotatable bonds is 9. The van der Waals surface area contributed by atoms with Gasteiger partial charge in [0.15, 0.2) is 5.78 Å². The van der Waals surface area contributed by atoms with Gasteiger partial charge in [-0.2, -0.15) is 0 Å². The fraction of sp³-hybridized carbons (Fsp3) is 0.471. The lowest BCUT2D eigenvalue weighted by Crippen LogP contribution is -2.20. The zero-order chi connectivity index (χ0) is 17.2. The average Bonchev–Trinajstić information content (AvgIpc) is 2.53. The minimum atomic E-state index is -0.359. The zero-order valence-electron chi connectivity index (χ0n) is 13.3. The predicted molar refractivity (Wildman–Crippen MR) is 86.6 cm³/mol. The van der Waals surface area contributed by atoms with Gasteiger partial charge in [0.2, 0.25) is 0 Å². The number of carbonyl (C=O) groups excluding carboxylic acids is 3. The number of hydrogen-bond donors (Lipinski definition) is 0. The summed E-state index contributed by atoms with van der Waals surface area (Å²) >= 11 is 5.52. The summed E-state index contributed by atoms with van der Waals surface area (Å²) in [4.78, 5) is 33.3. The summed E-state index contributed by atoms with van der Waals surface area (Å²) in [5, 5.41) is 0. The Bertz CT molecular complexity index is 520. The largest absolute Gasteiger partial charge is 0.465 e. The van der Waals surface area contributed by atoms with Crippen LogP contribution in [-0.4, -0.2) is 36.8 Å². The smallest absolute Gasteiger partial charge is 0.302 e. The van der Waals surface area contributed by atoms with E-state index in [0.717, 1.165) is 12.0 Å². The standard InChI is InChI=1S/C17H21ClO5/c1-12(19)22-10-15(11-23-13(2)20)4-3-14-5-7-16(8-6-14)17(21)9-18/h5-8,15H,3-4,9-11H2,1-2H3. The van der Waals surface area contributed by atoms with Gasteiger partial charge in [-0.05, 0) is 18.4 Å². The second-order valence-corrected chi connectivity index (χ2v) is 5.53. The monoisotopic (exact) mass is 340 g/mol. The summed E-state index contributed by atoms with van der Waals surface area (Å²) in [6, 6.07) is 7.23. The molecule has 5 nitrogen and oxygen atoms in total. The van der Waals surface area contributed by atoms with Gasteiger partial charge in [0.25, 0.3) is 0 Å². The van der Waals surface area contributed by atoms with Gasteiger partial charge in [0, 0.05) is 25.3 Å². The number of alkyl halides is 1. The first-order valence-electron chi connectivity index (χ1n) is 7.37. The molecule has 1 aromatic rings. The molecular weight excluding hydrogens is 320 g/mol. The van der Waals surface area contributed by atoms with E-state index in [2.05, 4.69) is 0 Å². The maximum atomic E-state index is 11.5. The lowest BCUT2D eigenvalue weighted by Gasteiger charge is -2.16. The minimum absolute atomic E-state index is 0.0355. The Labute approximate surface area is 140 Å². The molecule has 0 N–H and O–H groups in total. The second-order valence-electron chi connectivity index (χ2n) is 5.26. The van der Waals surface area contributed by atoms with Gasteiger partial charge in [-0.1, -0.05) is 24.3 Å². The average molecular weight is 341 g/mol. The Morgan fingerprint density at radius 2 is 1.52 bits per heavy atom. The van der Waals surface area contributed by atoms with Crippen molar-refractivity contribution in [1.29, 1.82) is 0 Å². The van der Waals surface area contributed by atoms with Crippen molar-refractivity contribution in [2.75, 3.05) is 19.1 Å². The predicted octanol–water partition coefficient (Wildman–Crippen LogP) is 2.78. The minimum Gasteiger partial charge on any atom is -0.465 e. The lowest BCUT2D eigenvalue weighted by atomic mass is 9.99. The van der Waals surface area contributed by atoms with Crippen molar-refractivity contribution in [2.24, 2.45) is 5.92 Å². The topological polar surface area (TPSA) is 69.7 Å². The van der Waals surface area contributed by atoms with E-state index >= 15 is 0 Å². The van der Waals surface area contributed by atoms with E-state index in [1.165, 1.54) is 13.8 Å². The third kappa shape index (κ3) is 7.79. The van der Waals surface area contributed by atoms with Crippen molar-refractivity contribution in [3.05, 3.63) is 35.4 Å². The van der Waals surface area contributed by atoms with Crippen LogP contribution in [-0.2, 0) is 25.5 Å². The highest BCUT2D eigenvalue weighted by atomic mass is 35.5. The quantitative estimate of drug-likeness (QED) is 0.393. The zero-order valence-corrected chi connectivity index (χ0v) is 14.1. The van der Waals surface area contributed by atoms with E-state index in [1.807, 2.05) is 12.1 Å². The molecule has 0 radical (unpaired) electrons. The van der Waals surface area contributed by atoms with Crippen molar-refractivity contribution in [2.45, 2.75) is 26.7 Å². The van der Waals surface area contributed by atoms with Crippen LogP contribution in [0.5, 0.6) is 0 Å². The Kier molecular flexibility index (Phi) is 8.33. The summed E-state index contributed by atoms with van der Waals surface area (Å²) in [6.45, 7) is 3.11. The summed E-state index contributed by atoms with van der Waals surface area (Å²) in [5.74, 6) is -0.928. The van der Waals surface area contributed by atoms with E-state index in [1.54, 1.807) is 12.1 Å². The van der Waals surface area contributed by atoms with Crippen molar-refractivity contribution in [3.63, 3.8) is 0 Å². The molecule has 0 aliphatic heterocycles. The van der Waals surface area contributed by atoms with Gasteiger partial charge in [-0.15, -0.1) is 11.6 Å². The third-order valence-corrected chi connectivity index (χ3v) is 3.53. The van der Waals surface area contributed by atoms with E-state index in [4.69, 9.17) is 21.1 Å². The number of aryl methyl sites for hydroxylation is 1. The molecular formula is C17H21ClO5. The number of Topliss-reactive ketones (excluding diaryl/α,β-unsaturated/α-hetero) is 1. The number of carbonyl (C=O) groups is 3. The van der Waals surface area contributed by atoms with Crippen LogP contribution in [0, 0.1) is 5.92 Å². The van der Waals surface area contributed by atoms with Gasteiger partial charge < -0.3 is 9.47 Å². The van der Waals surface area contributed by atoms with Crippen LogP contribution in [0.25, 0.3) is 0 Å². The first kappa shape index (κ1) is 19.2. The molecule has 6 heteroatoms. The lowest BCUT2D eigenvalue weighted by molar-refractivity contribution is -0.146. The van der Waals surface area contributed by atoms with Crippen LogP contribution in [0.3, 0.4) is 0 Å². The van der Waals surface area contributed by atoms with Crippen molar-refractivity contribution >= 4 is 29.3 Å². The summed E-state index contributed by atoms with van der Waals surface area (Å²) < 4.78 is 10.0. The number of ether oxygens (including phenoxy) is 2. The molecule has 0 heterocycles. The molecule has 1 aromatic carbocycles. The van der Waals surface area contributed by atoms with Gasteiger partial charge in [0.05, 0.1) is 19.1 Å². The highest BCUT2D eigenvalue weighted by Crippen LogP contribution is 2.13. The van der Waals surface area contributed by atoms with E-state index in [-0.39, 0.29) is 42.7 Å². The molecule has 0 spiro atoms. The van der Waals surface area contributed by atoms with Gasteiger partial charge in [-0.3, -0.25) is 14.4 Å². The summed E-state index contributed by atoms with van der Waals surface area (Å²) in [6.07, 6.45) is 1.42. The number of hydrogen-bond acceptors (Lipinski definition) is 5. The first-order valence-corrected chi connectivity index (χ1v) is 7.90. The third-order valence-electron chi connectivity index (χ3n) is 3.28. The van der Waals surface area contributed by atoms with Gasteiger partial charge >= 0.3 is 11.9 Å². The molecule has 0 amide bonds. The van der Waals surface area contributed by atoms with Crippen molar-refractivity contribution < 1.29 is 23.9 Å². The molecule has 0 saturated carbocycles. The number of ketones is 1. The Hall–Kier alpha value is -1.88. The number of benzene rings is 1. The van der Waals surface area contributed by atoms with Crippen LogP contribution in [0.4, 0.5) is 0 Å². The van der Waals surface area contributed by atoms with Crippen LogP contribution in [0.15, 0.2) is 24.3 Å². The van der Waals surface area contributed by atoms with Crippen LogP contribution < -0.4 is 0 Å². The fourth-order valence-electron chi connectivity index (χ4n) is 1.99. The maximum Gasteiger partial charge on any atom is 0.302 e. The van der Waals surface area contributed by atoms with Crippen LogP contribution in [0.1, 0.15) is 36.2 Å². The number of esters is 2. The van der Waals surface area contributed by atoms with Crippen LogP contribution >= 0.6 is 11.6 Å². The highest BCUT2D eigenvalue weighted by Gasteiger charge is 2.13. The highest BCUT2D eigenvalue weighted by molar-refractivity contribution is 6.30. The molecule has 1 rings (SSSR count). The summed E-state index contributed by atoms with van der Waals surface area (Å²) in [7, 11) is 0. The molecule has 0 bridgehead atoms. The molecule has 0 unspecified atom stereocenters. The molecule has 0 saturated heterocycles. The van der Waals surface area contributed by atoms with Crippen molar-refractivity contribution in [1.82, 2.24) is 0 Å². The maximum absolute atomic E-state index is 11.5. The van der Waals surface area contributed by atoms with Crippen molar-refractivity contribution in [3.8, 4) is 0 Å². The van der Waals surface area contributed by atoms with E-state index in [9.17, 15) is 14.4 Å². The normalized spacial score (nSPS) is 10.4. The molecule has 23 heavy (non-hydrogen) atoms. The van der Waals surface area contributed by atoms with E-state index < -0.39 is 0 Å². The van der Waals surface area contributed by atoms with Crippen LogP contribution in [0.2, 0.25) is 0 Å². The molecule has 0 fully saturated rings. The molecule has 126 valence electrons. The van der Waals surface area contributed by atoms with E-state index in [0.29, 0.717) is 12.0 Å².